The van der Waals surface area contributed by atoms with E-state index in [2.05, 4.69) is 22.9 Å². The van der Waals surface area contributed by atoms with Gasteiger partial charge in [-0.15, -0.1) is 0 Å². The Morgan fingerprint density at radius 1 is 1.18 bits per heavy atom. The van der Waals surface area contributed by atoms with Crippen molar-refractivity contribution < 1.29 is 9.47 Å². The van der Waals surface area contributed by atoms with Crippen LogP contribution in [0.5, 0.6) is 5.75 Å². The second-order valence-corrected chi connectivity index (χ2v) is 4.99. The topological polar surface area (TPSA) is 18.5 Å². The molecule has 0 aromatic heterocycles. The highest BCUT2D eigenvalue weighted by Crippen LogP contribution is 2.23. The van der Waals surface area contributed by atoms with E-state index < -0.39 is 0 Å². The van der Waals surface area contributed by atoms with E-state index in [9.17, 15) is 0 Å². The second-order valence-electron chi connectivity index (χ2n) is 4.07. The van der Waals surface area contributed by atoms with Crippen LogP contribution < -0.4 is 4.74 Å². The van der Waals surface area contributed by atoms with Gasteiger partial charge in [0.15, 0.2) is 0 Å². The van der Waals surface area contributed by atoms with Crippen LogP contribution in [-0.2, 0) is 11.3 Å². The van der Waals surface area contributed by atoms with Crippen molar-refractivity contribution in [2.24, 2.45) is 0 Å². The van der Waals surface area contributed by atoms with E-state index in [-0.39, 0.29) is 0 Å². The lowest BCUT2D eigenvalue weighted by Crippen LogP contribution is -1.98. The fraction of sp³-hybridized carbons (Fsp3) is 0.571. The van der Waals surface area contributed by atoms with E-state index in [1.165, 1.54) is 19.3 Å². The highest BCUT2D eigenvalue weighted by molar-refractivity contribution is 9.10. The molecule has 0 aliphatic carbocycles. The lowest BCUT2D eigenvalue weighted by Gasteiger charge is -2.09. The molecular formula is C14H21BrO2. The summed E-state index contributed by atoms with van der Waals surface area (Å²) in [5.74, 6) is 0.891. The number of hydrogen-bond acceptors (Lipinski definition) is 2. The van der Waals surface area contributed by atoms with Gasteiger partial charge in [-0.3, -0.25) is 0 Å². The molecule has 0 atom stereocenters. The standard InChI is InChI=1S/C14H21BrO2/c1-3-4-5-6-9-17-11-12-10-13(15)7-8-14(12)16-2/h7-8,10H,3-6,9,11H2,1-2H3. The van der Waals surface area contributed by atoms with Crippen LogP contribution in [0, 0.1) is 0 Å². The number of halogens is 1. The first-order valence-corrected chi connectivity index (χ1v) is 6.97. The monoisotopic (exact) mass is 300 g/mol. The zero-order valence-corrected chi connectivity index (χ0v) is 12.3. The summed E-state index contributed by atoms with van der Waals surface area (Å²) in [5.41, 5.74) is 1.09. The lowest BCUT2D eigenvalue weighted by molar-refractivity contribution is 0.115. The first-order chi connectivity index (χ1) is 8.27. The van der Waals surface area contributed by atoms with Crippen LogP contribution in [0.3, 0.4) is 0 Å². The van der Waals surface area contributed by atoms with Gasteiger partial charge in [-0.2, -0.15) is 0 Å². The molecule has 0 saturated heterocycles. The average Bonchev–Trinajstić information content (AvgIpc) is 2.34. The molecule has 0 spiro atoms. The quantitative estimate of drug-likeness (QED) is 0.656. The number of benzene rings is 1. The fourth-order valence-electron chi connectivity index (χ4n) is 1.67. The minimum Gasteiger partial charge on any atom is -0.496 e. The maximum absolute atomic E-state index is 5.66. The van der Waals surface area contributed by atoms with Crippen molar-refractivity contribution in [3.63, 3.8) is 0 Å². The van der Waals surface area contributed by atoms with Crippen molar-refractivity contribution in [1.29, 1.82) is 0 Å². The number of rotatable bonds is 8. The van der Waals surface area contributed by atoms with E-state index in [1.54, 1.807) is 7.11 Å². The lowest BCUT2D eigenvalue weighted by atomic mass is 10.2. The van der Waals surface area contributed by atoms with Crippen LogP contribution in [0.25, 0.3) is 0 Å². The SMILES string of the molecule is CCCCCCOCc1cc(Br)ccc1OC. The van der Waals surface area contributed by atoms with Crippen molar-refractivity contribution in [1.82, 2.24) is 0 Å². The van der Waals surface area contributed by atoms with Gasteiger partial charge in [0.2, 0.25) is 0 Å². The minimum absolute atomic E-state index is 0.620. The molecule has 0 heterocycles. The van der Waals surface area contributed by atoms with Crippen molar-refractivity contribution in [3.05, 3.63) is 28.2 Å². The molecule has 0 fully saturated rings. The van der Waals surface area contributed by atoms with Crippen LogP contribution in [0.2, 0.25) is 0 Å². The minimum atomic E-state index is 0.620. The second kappa shape index (κ2) is 8.54. The Kier molecular flexibility index (Phi) is 7.29. The highest BCUT2D eigenvalue weighted by atomic mass is 79.9. The van der Waals surface area contributed by atoms with E-state index in [0.29, 0.717) is 6.61 Å². The molecule has 1 rings (SSSR count). The molecule has 96 valence electrons. The van der Waals surface area contributed by atoms with E-state index in [0.717, 1.165) is 28.8 Å². The molecule has 0 saturated carbocycles. The Bertz CT molecular complexity index is 326. The van der Waals surface area contributed by atoms with E-state index >= 15 is 0 Å². The van der Waals surface area contributed by atoms with Gasteiger partial charge in [0.05, 0.1) is 13.7 Å². The van der Waals surface area contributed by atoms with E-state index in [1.807, 2.05) is 18.2 Å². The maximum Gasteiger partial charge on any atom is 0.124 e. The van der Waals surface area contributed by atoms with Gasteiger partial charge in [-0.1, -0.05) is 42.1 Å². The summed E-state index contributed by atoms with van der Waals surface area (Å²) in [6.07, 6.45) is 4.96. The molecule has 0 radical (unpaired) electrons. The largest absolute Gasteiger partial charge is 0.496 e. The number of methoxy groups -OCH3 is 1. The van der Waals surface area contributed by atoms with Gasteiger partial charge >= 0.3 is 0 Å². The average molecular weight is 301 g/mol. The van der Waals surface area contributed by atoms with Crippen LogP contribution in [0.4, 0.5) is 0 Å². The highest BCUT2D eigenvalue weighted by Gasteiger charge is 2.03. The van der Waals surface area contributed by atoms with Gasteiger partial charge in [0, 0.05) is 16.6 Å². The Labute approximate surface area is 112 Å². The van der Waals surface area contributed by atoms with Gasteiger partial charge in [0.1, 0.15) is 5.75 Å². The fourth-order valence-corrected chi connectivity index (χ4v) is 2.08. The Hall–Kier alpha value is -0.540. The maximum atomic E-state index is 5.66. The first-order valence-electron chi connectivity index (χ1n) is 6.18. The predicted molar refractivity (Wildman–Crippen MR) is 74.5 cm³/mol. The summed E-state index contributed by atoms with van der Waals surface area (Å²) in [5, 5.41) is 0. The van der Waals surface area contributed by atoms with Crippen molar-refractivity contribution in [2.75, 3.05) is 13.7 Å². The molecule has 1 aromatic carbocycles. The Morgan fingerprint density at radius 3 is 2.71 bits per heavy atom. The predicted octanol–water partition coefficient (Wildman–Crippen LogP) is 4.55. The van der Waals surface area contributed by atoms with Crippen molar-refractivity contribution >= 4 is 15.9 Å². The molecule has 0 bridgehead atoms. The van der Waals surface area contributed by atoms with Gasteiger partial charge in [0.25, 0.3) is 0 Å². The summed E-state index contributed by atoms with van der Waals surface area (Å²) >= 11 is 3.46. The molecule has 0 amide bonds. The third kappa shape index (κ3) is 5.55. The summed E-state index contributed by atoms with van der Waals surface area (Å²) in [4.78, 5) is 0. The molecule has 0 aliphatic rings. The zero-order chi connectivity index (χ0) is 12.5. The first kappa shape index (κ1) is 14.5. The molecule has 3 heteroatoms. The number of unbranched alkanes of at least 4 members (excludes halogenated alkanes) is 3. The molecule has 2 nitrogen and oxygen atoms in total. The smallest absolute Gasteiger partial charge is 0.124 e. The van der Waals surface area contributed by atoms with Crippen LogP contribution in [0.15, 0.2) is 22.7 Å². The van der Waals surface area contributed by atoms with E-state index in [4.69, 9.17) is 9.47 Å². The third-order valence-corrected chi connectivity index (χ3v) is 3.14. The summed E-state index contributed by atoms with van der Waals surface area (Å²) < 4.78 is 12.0. The van der Waals surface area contributed by atoms with Crippen LogP contribution >= 0.6 is 15.9 Å². The van der Waals surface area contributed by atoms with Crippen LogP contribution in [-0.4, -0.2) is 13.7 Å². The van der Waals surface area contributed by atoms with Gasteiger partial charge < -0.3 is 9.47 Å². The molecule has 0 aliphatic heterocycles. The normalized spacial score (nSPS) is 10.5. The van der Waals surface area contributed by atoms with Crippen LogP contribution in [0.1, 0.15) is 38.2 Å². The summed E-state index contributed by atoms with van der Waals surface area (Å²) in [7, 11) is 1.69. The molecule has 1 aromatic rings. The van der Waals surface area contributed by atoms with Gasteiger partial charge in [-0.25, -0.2) is 0 Å². The zero-order valence-electron chi connectivity index (χ0n) is 10.7. The summed E-state index contributed by atoms with van der Waals surface area (Å²) in [6.45, 7) is 3.66. The number of hydrogen-bond donors (Lipinski definition) is 0. The number of ether oxygens (including phenoxy) is 2. The molecule has 0 N–H and O–H groups in total. The van der Waals surface area contributed by atoms with Gasteiger partial charge in [-0.05, 0) is 24.6 Å². The molecular weight excluding hydrogens is 280 g/mol. The van der Waals surface area contributed by atoms with Crippen molar-refractivity contribution in [3.8, 4) is 5.75 Å². The summed E-state index contributed by atoms with van der Waals surface area (Å²) in [6, 6.07) is 5.98. The molecule has 0 unspecified atom stereocenters. The third-order valence-electron chi connectivity index (χ3n) is 2.64. The Balaban J connectivity index is 2.32. The van der Waals surface area contributed by atoms with Crippen molar-refractivity contribution in [2.45, 2.75) is 39.2 Å². The molecule has 17 heavy (non-hydrogen) atoms. The Morgan fingerprint density at radius 2 is 2.00 bits per heavy atom.